The first kappa shape index (κ1) is 51.2. The summed E-state index contributed by atoms with van der Waals surface area (Å²) >= 11 is 0. The summed E-state index contributed by atoms with van der Waals surface area (Å²) < 4.78 is 0. The maximum atomic E-state index is 14.4. The van der Waals surface area contributed by atoms with E-state index in [1.807, 2.05) is 20.8 Å². The van der Waals surface area contributed by atoms with Crippen molar-refractivity contribution in [3.05, 3.63) is 29.8 Å². The van der Waals surface area contributed by atoms with E-state index in [-0.39, 0.29) is 68.8 Å². The van der Waals surface area contributed by atoms with E-state index in [1.165, 1.54) is 19.1 Å². The number of ketones is 1. The monoisotopic (exact) mass is 858 g/mol. The normalized spacial score (nSPS) is 17.6. The zero-order valence-corrected chi connectivity index (χ0v) is 35.9. The van der Waals surface area contributed by atoms with Crippen LogP contribution in [0.15, 0.2) is 34.3 Å². The van der Waals surface area contributed by atoms with Crippen LogP contribution in [0.1, 0.15) is 98.0 Å². The fourth-order valence-electron chi connectivity index (χ4n) is 7.22. The second-order valence-corrected chi connectivity index (χ2v) is 16.1. The summed E-state index contributed by atoms with van der Waals surface area (Å²) in [6.45, 7) is 8.82. The van der Waals surface area contributed by atoms with E-state index >= 15 is 0 Å². The summed E-state index contributed by atoms with van der Waals surface area (Å²) in [5.74, 6) is -7.23. The highest BCUT2D eigenvalue weighted by Gasteiger charge is 2.42. The molecule has 1 aliphatic rings. The van der Waals surface area contributed by atoms with Gasteiger partial charge >= 0.3 is 5.97 Å². The highest BCUT2D eigenvalue weighted by Crippen LogP contribution is 2.34. The topological polar surface area (TPSA) is 349 Å². The second-order valence-electron chi connectivity index (χ2n) is 16.1. The molecular weight excluding hydrogens is 791 g/mol. The molecule has 1 saturated carbocycles. The summed E-state index contributed by atoms with van der Waals surface area (Å²) in [5.41, 5.74) is 22.4. The number of carbonyl (C=O) groups is 7. The van der Waals surface area contributed by atoms with Crippen LogP contribution in [-0.4, -0.2) is 107 Å². The number of nitrogens with two attached hydrogens (primary N) is 4. The first-order valence-electron chi connectivity index (χ1n) is 20.9. The van der Waals surface area contributed by atoms with E-state index in [0.29, 0.717) is 37.7 Å². The number of carboxylic acid groups (broad SMARTS) is 1. The van der Waals surface area contributed by atoms with Crippen molar-refractivity contribution in [3.8, 4) is 5.75 Å². The minimum Gasteiger partial charge on any atom is -0.508 e. The Kier molecular flexibility index (Phi) is 21.5. The van der Waals surface area contributed by atoms with E-state index in [9.17, 15) is 43.8 Å². The van der Waals surface area contributed by atoms with Gasteiger partial charge < -0.3 is 59.7 Å². The SMILES string of the molecule is CC[C@H](C)[C@H](NC(=O)[C@H](Cc1ccc(O)cc1)NC(=O)C1CCCC1C(=O)[C@H](CCCN=C(N)N)NC(=O)[C@H](CCCN=C(N)N)NC(C)=O)C(=O)N[C@@H](CC(C)C)C(=O)O. The van der Waals surface area contributed by atoms with Crippen LogP contribution in [0.2, 0.25) is 0 Å². The van der Waals surface area contributed by atoms with Crippen molar-refractivity contribution in [1.29, 1.82) is 0 Å². The molecular formula is C41H67N11O9. The molecule has 1 aromatic rings. The van der Waals surface area contributed by atoms with Crippen LogP contribution in [0.3, 0.4) is 0 Å². The third-order valence-corrected chi connectivity index (χ3v) is 10.6. The number of aromatic hydroxyl groups is 1. The van der Waals surface area contributed by atoms with E-state index in [0.717, 1.165) is 0 Å². The number of hydrogen-bond donors (Lipinski definition) is 11. The molecule has 0 saturated heterocycles. The Morgan fingerprint density at radius 1 is 0.721 bits per heavy atom. The molecule has 2 rings (SSSR count). The summed E-state index contributed by atoms with van der Waals surface area (Å²) in [6.07, 6.45) is 2.57. The first-order valence-corrected chi connectivity index (χ1v) is 20.9. The Bertz CT molecular complexity index is 1710. The van der Waals surface area contributed by atoms with Gasteiger partial charge in [-0.25, -0.2) is 4.79 Å². The zero-order valence-electron chi connectivity index (χ0n) is 35.9. The molecule has 0 heterocycles. The number of carbonyl (C=O) groups excluding carboxylic acids is 6. The zero-order chi connectivity index (χ0) is 45.8. The lowest BCUT2D eigenvalue weighted by molar-refractivity contribution is -0.143. The Morgan fingerprint density at radius 2 is 1.26 bits per heavy atom. The Hall–Kier alpha value is -5.95. The second kappa shape index (κ2) is 25.6. The van der Waals surface area contributed by atoms with E-state index in [1.54, 1.807) is 19.1 Å². The van der Waals surface area contributed by atoms with Gasteiger partial charge in [-0.05, 0) is 74.5 Å². The number of aliphatic imine (C=N–C) groups is 2. The Balaban J connectivity index is 2.42. The number of Topliss-reactive ketones (excluding diaryl/α,β-unsaturated/α-hetero) is 1. The fraction of sp³-hybridized carbons (Fsp3) is 0.634. The van der Waals surface area contributed by atoms with E-state index in [2.05, 4.69) is 36.6 Å². The van der Waals surface area contributed by atoms with Crippen molar-refractivity contribution >= 4 is 53.2 Å². The van der Waals surface area contributed by atoms with Crippen molar-refractivity contribution in [2.75, 3.05) is 13.1 Å². The Labute approximate surface area is 357 Å². The summed E-state index contributed by atoms with van der Waals surface area (Å²) in [5, 5.41) is 33.2. The van der Waals surface area contributed by atoms with Gasteiger partial charge in [0.2, 0.25) is 29.5 Å². The first-order chi connectivity index (χ1) is 28.7. The van der Waals surface area contributed by atoms with Gasteiger partial charge in [0.05, 0.1) is 6.04 Å². The number of hydrogen-bond acceptors (Lipinski definition) is 10. The average Bonchev–Trinajstić information content (AvgIpc) is 3.68. The molecule has 1 aliphatic carbocycles. The third-order valence-electron chi connectivity index (χ3n) is 10.6. The van der Waals surface area contributed by atoms with Gasteiger partial charge in [-0.3, -0.25) is 38.8 Å². The fourth-order valence-corrected chi connectivity index (χ4v) is 7.22. The lowest BCUT2D eigenvalue weighted by Crippen LogP contribution is -2.58. The third kappa shape index (κ3) is 18.1. The summed E-state index contributed by atoms with van der Waals surface area (Å²) in [4.78, 5) is 102. The van der Waals surface area contributed by atoms with Crippen LogP contribution < -0.4 is 49.5 Å². The highest BCUT2D eigenvalue weighted by molar-refractivity contribution is 5.98. The lowest BCUT2D eigenvalue weighted by atomic mass is 9.85. The summed E-state index contributed by atoms with van der Waals surface area (Å²) in [7, 11) is 0. The molecule has 2 unspecified atom stereocenters. The minimum atomic E-state index is -1.26. The van der Waals surface area contributed by atoms with Gasteiger partial charge in [-0.1, -0.05) is 52.7 Å². The van der Waals surface area contributed by atoms with E-state index in [4.69, 9.17) is 22.9 Å². The van der Waals surface area contributed by atoms with Crippen LogP contribution in [0.5, 0.6) is 5.75 Å². The predicted molar refractivity (Wildman–Crippen MR) is 229 cm³/mol. The number of rotatable bonds is 26. The lowest BCUT2D eigenvalue weighted by Gasteiger charge is -2.29. The number of phenols is 1. The van der Waals surface area contributed by atoms with Crippen molar-refractivity contribution in [2.24, 2.45) is 56.6 Å². The van der Waals surface area contributed by atoms with Crippen molar-refractivity contribution < 1.29 is 43.8 Å². The quantitative estimate of drug-likeness (QED) is 0.0323. The molecule has 20 heteroatoms. The number of amides is 5. The summed E-state index contributed by atoms with van der Waals surface area (Å²) in [6, 6.07) is 0.305. The maximum absolute atomic E-state index is 14.4. The molecule has 340 valence electrons. The van der Waals surface area contributed by atoms with Crippen LogP contribution >= 0.6 is 0 Å². The smallest absolute Gasteiger partial charge is 0.326 e. The molecule has 8 atom stereocenters. The minimum absolute atomic E-state index is 0.0155. The standard InChI is InChI=1S/C41H67N11O9/c1-6-23(4)33(38(59)51-32(39(60)61)20-22(2)3)52-37(58)31(21-25-14-16-26(54)17-15-25)50-35(56)28-11-7-10-27(28)34(55)29(12-8-18-46-40(42)43)49-36(57)30(48-24(5)53)13-9-19-47-41(44)45/h14-17,22-23,27-33,54H,6-13,18-21H2,1-5H3,(H,48,53)(H,49,57)(H,50,56)(H,51,59)(H,52,58)(H,60,61)(H4,42,43,46)(H4,44,45,47)/t23-,27?,28?,29-,30-,31-,32-,33-/m0/s1. The molecule has 1 aromatic carbocycles. The molecule has 0 radical (unpaired) electrons. The van der Waals surface area contributed by atoms with Gasteiger partial charge in [0.1, 0.15) is 29.9 Å². The van der Waals surface area contributed by atoms with Crippen molar-refractivity contribution in [1.82, 2.24) is 26.6 Å². The molecule has 20 nitrogen and oxygen atoms in total. The molecule has 61 heavy (non-hydrogen) atoms. The van der Waals surface area contributed by atoms with Gasteiger partial charge in [-0.15, -0.1) is 0 Å². The number of nitrogens with one attached hydrogen (secondary N) is 5. The molecule has 0 bridgehead atoms. The van der Waals surface area contributed by atoms with Crippen molar-refractivity contribution in [3.63, 3.8) is 0 Å². The molecule has 0 aliphatic heterocycles. The molecule has 0 spiro atoms. The number of carboxylic acids is 1. The van der Waals surface area contributed by atoms with Crippen molar-refractivity contribution in [2.45, 2.75) is 129 Å². The van der Waals surface area contributed by atoms with Gasteiger partial charge in [0, 0.05) is 38.3 Å². The molecule has 1 fully saturated rings. The van der Waals surface area contributed by atoms with E-state index < -0.39 is 89.3 Å². The molecule has 5 amide bonds. The average molecular weight is 858 g/mol. The molecule has 0 aromatic heterocycles. The van der Waals surface area contributed by atoms with Gasteiger partial charge in [0.15, 0.2) is 17.7 Å². The largest absolute Gasteiger partial charge is 0.508 e. The number of guanidine groups is 2. The van der Waals surface area contributed by atoms with Crippen LogP contribution in [-0.2, 0) is 40.0 Å². The van der Waals surface area contributed by atoms with Crippen LogP contribution in [0.25, 0.3) is 0 Å². The highest BCUT2D eigenvalue weighted by atomic mass is 16.4. The number of phenolic OH excluding ortho intramolecular Hbond substituents is 1. The molecule has 15 N–H and O–H groups in total. The van der Waals surface area contributed by atoms with Gasteiger partial charge in [0.25, 0.3) is 0 Å². The maximum Gasteiger partial charge on any atom is 0.326 e. The number of aliphatic carboxylic acids is 1. The van der Waals surface area contributed by atoms with Gasteiger partial charge in [-0.2, -0.15) is 0 Å². The predicted octanol–water partition coefficient (Wildman–Crippen LogP) is -0.352. The Morgan fingerprint density at radius 3 is 1.79 bits per heavy atom. The van der Waals surface area contributed by atoms with Crippen LogP contribution in [0, 0.1) is 23.7 Å². The van der Waals surface area contributed by atoms with Crippen LogP contribution in [0.4, 0.5) is 0 Å². The number of benzene rings is 1. The number of nitrogens with zero attached hydrogens (tertiary/aromatic N) is 2.